The molecule has 0 aliphatic carbocycles. The van der Waals surface area contributed by atoms with Gasteiger partial charge in [0.2, 0.25) is 6.10 Å². The van der Waals surface area contributed by atoms with Crippen LogP contribution in [-0.2, 0) is 4.79 Å². The van der Waals surface area contributed by atoms with E-state index in [2.05, 4.69) is 20.3 Å². The number of para-hydroxylation sites is 2. The Labute approximate surface area is 143 Å². The number of carbonyl (C=O) groups excluding carboxylic acids is 1. The van der Waals surface area contributed by atoms with Gasteiger partial charge in [-0.05, 0) is 19.1 Å². The van der Waals surface area contributed by atoms with Crippen LogP contribution in [0.5, 0.6) is 11.5 Å². The fraction of sp³-hybridized carbons (Fsp3) is 0.176. The minimum atomic E-state index is -0.776. The number of hydrogen-bond acceptors (Lipinski definition) is 6. The number of nitrogens with zero attached hydrogens (tertiary/aromatic N) is 4. The molecule has 4 rings (SSSR count). The summed E-state index contributed by atoms with van der Waals surface area (Å²) in [5.41, 5.74) is 0. The number of anilines is 1. The van der Waals surface area contributed by atoms with Gasteiger partial charge in [0.25, 0.3) is 5.91 Å². The van der Waals surface area contributed by atoms with Crippen LogP contribution in [0.25, 0.3) is 5.82 Å². The maximum Gasteiger partial charge on any atom is 0.270 e. The van der Waals surface area contributed by atoms with Gasteiger partial charge in [0.1, 0.15) is 30.4 Å². The number of rotatable bonds is 3. The zero-order valence-corrected chi connectivity index (χ0v) is 13.4. The van der Waals surface area contributed by atoms with Gasteiger partial charge < -0.3 is 14.8 Å². The van der Waals surface area contributed by atoms with E-state index >= 15 is 0 Å². The number of carbonyl (C=O) groups is 1. The summed E-state index contributed by atoms with van der Waals surface area (Å²) in [6.07, 6.45) is 5.19. The number of nitrogens with one attached hydrogen (secondary N) is 1. The van der Waals surface area contributed by atoms with Crippen LogP contribution in [0.2, 0.25) is 0 Å². The van der Waals surface area contributed by atoms with Crippen molar-refractivity contribution in [1.29, 1.82) is 0 Å². The topological polar surface area (TPSA) is 91.2 Å². The smallest absolute Gasteiger partial charge is 0.270 e. The van der Waals surface area contributed by atoms with Crippen LogP contribution in [0.1, 0.15) is 6.92 Å². The molecule has 25 heavy (non-hydrogen) atoms. The third-order valence-corrected chi connectivity index (χ3v) is 3.77. The second-order valence-electron chi connectivity index (χ2n) is 5.53. The molecule has 2 unspecified atom stereocenters. The van der Waals surface area contributed by atoms with Crippen molar-refractivity contribution in [3.05, 3.63) is 55.4 Å². The molecule has 0 fully saturated rings. The van der Waals surface area contributed by atoms with Gasteiger partial charge in [-0.25, -0.2) is 15.0 Å². The van der Waals surface area contributed by atoms with Crippen molar-refractivity contribution in [2.24, 2.45) is 0 Å². The third kappa shape index (κ3) is 3.01. The van der Waals surface area contributed by atoms with E-state index in [1.165, 1.54) is 6.33 Å². The van der Waals surface area contributed by atoms with Gasteiger partial charge in [-0.3, -0.25) is 9.36 Å². The second-order valence-corrected chi connectivity index (χ2v) is 5.53. The molecule has 8 nitrogen and oxygen atoms in total. The molecule has 0 saturated carbocycles. The average molecular weight is 337 g/mol. The Kier molecular flexibility index (Phi) is 3.77. The lowest BCUT2D eigenvalue weighted by Crippen LogP contribution is -2.46. The quantitative estimate of drug-likeness (QED) is 0.784. The molecular weight excluding hydrogens is 322 g/mol. The first kappa shape index (κ1) is 15.1. The summed E-state index contributed by atoms with van der Waals surface area (Å²) >= 11 is 0. The van der Waals surface area contributed by atoms with Gasteiger partial charge in [-0.15, -0.1) is 0 Å². The first-order chi connectivity index (χ1) is 12.2. The number of aromatic nitrogens is 4. The normalized spacial score (nSPS) is 18.6. The molecule has 0 spiro atoms. The molecular formula is C17H15N5O3. The van der Waals surface area contributed by atoms with Crippen molar-refractivity contribution in [1.82, 2.24) is 19.5 Å². The molecule has 3 heterocycles. The molecule has 126 valence electrons. The molecule has 0 bridgehead atoms. The Morgan fingerprint density at radius 3 is 2.76 bits per heavy atom. The van der Waals surface area contributed by atoms with Crippen LogP contribution in [-0.4, -0.2) is 37.6 Å². The Morgan fingerprint density at radius 2 is 2.00 bits per heavy atom. The number of hydrogen-bond donors (Lipinski definition) is 1. The SMILES string of the molecule is CC1Oc2ccccc2OC1C(=O)Nc1cc(-n2ccnc2)ncn1. The summed E-state index contributed by atoms with van der Waals surface area (Å²) in [6.45, 7) is 1.79. The molecule has 1 aliphatic rings. The molecule has 2 atom stereocenters. The van der Waals surface area contributed by atoms with Crippen molar-refractivity contribution in [3.63, 3.8) is 0 Å². The molecule has 1 aliphatic heterocycles. The van der Waals surface area contributed by atoms with E-state index in [1.807, 2.05) is 18.2 Å². The first-order valence-electron chi connectivity index (χ1n) is 7.74. The van der Waals surface area contributed by atoms with Gasteiger partial charge >= 0.3 is 0 Å². The van der Waals surface area contributed by atoms with Crippen LogP contribution < -0.4 is 14.8 Å². The van der Waals surface area contributed by atoms with E-state index in [0.717, 1.165) is 0 Å². The molecule has 1 amide bonds. The van der Waals surface area contributed by atoms with Crippen LogP contribution in [0.4, 0.5) is 5.82 Å². The monoisotopic (exact) mass is 337 g/mol. The zero-order chi connectivity index (χ0) is 17.2. The number of ether oxygens (including phenoxy) is 2. The van der Waals surface area contributed by atoms with E-state index < -0.39 is 12.2 Å². The summed E-state index contributed by atoms with van der Waals surface area (Å²) in [7, 11) is 0. The lowest BCUT2D eigenvalue weighted by atomic mass is 10.1. The minimum absolute atomic E-state index is 0.336. The molecule has 1 N–H and O–H groups in total. The lowest BCUT2D eigenvalue weighted by Gasteiger charge is -2.30. The van der Waals surface area contributed by atoms with Gasteiger partial charge in [0.05, 0.1) is 0 Å². The second kappa shape index (κ2) is 6.23. The van der Waals surface area contributed by atoms with E-state index in [1.54, 1.807) is 42.3 Å². The molecule has 8 heteroatoms. The van der Waals surface area contributed by atoms with Gasteiger partial charge in [0.15, 0.2) is 11.5 Å². The lowest BCUT2D eigenvalue weighted by molar-refractivity contribution is -0.128. The van der Waals surface area contributed by atoms with Crippen molar-refractivity contribution >= 4 is 11.7 Å². The molecule has 1 aromatic carbocycles. The number of benzene rings is 1. The zero-order valence-electron chi connectivity index (χ0n) is 13.4. The van der Waals surface area contributed by atoms with Gasteiger partial charge in [-0.2, -0.15) is 0 Å². The fourth-order valence-electron chi connectivity index (χ4n) is 2.55. The molecule has 0 saturated heterocycles. The van der Waals surface area contributed by atoms with Crippen LogP contribution in [0.3, 0.4) is 0 Å². The summed E-state index contributed by atoms with van der Waals surface area (Å²) in [5.74, 6) is 1.81. The van der Waals surface area contributed by atoms with Crippen LogP contribution in [0, 0.1) is 0 Å². The van der Waals surface area contributed by atoms with Gasteiger partial charge in [0, 0.05) is 18.5 Å². The summed E-state index contributed by atoms with van der Waals surface area (Å²) < 4.78 is 13.3. The first-order valence-corrected chi connectivity index (χ1v) is 7.74. The standard InChI is InChI=1S/C17H15N5O3/c1-11-16(25-13-5-3-2-4-12(13)24-11)17(23)21-14-8-15(20-9-19-14)22-7-6-18-10-22/h2-11,16H,1H3,(H,19,20,21,23). The summed E-state index contributed by atoms with van der Waals surface area (Å²) in [4.78, 5) is 24.8. The van der Waals surface area contributed by atoms with Crippen molar-refractivity contribution in [2.45, 2.75) is 19.1 Å². The predicted octanol–water partition coefficient (Wildman–Crippen LogP) is 1.83. The maximum atomic E-state index is 12.6. The third-order valence-electron chi connectivity index (χ3n) is 3.77. The summed E-state index contributed by atoms with van der Waals surface area (Å²) in [5, 5.41) is 2.75. The molecule has 3 aromatic rings. The van der Waals surface area contributed by atoms with Gasteiger partial charge in [-0.1, -0.05) is 12.1 Å². The van der Waals surface area contributed by atoms with Crippen molar-refractivity contribution < 1.29 is 14.3 Å². The van der Waals surface area contributed by atoms with E-state index in [0.29, 0.717) is 23.1 Å². The maximum absolute atomic E-state index is 12.6. The van der Waals surface area contributed by atoms with Crippen molar-refractivity contribution in [2.75, 3.05) is 5.32 Å². The number of imidazole rings is 1. The van der Waals surface area contributed by atoms with Crippen molar-refractivity contribution in [3.8, 4) is 17.3 Å². The minimum Gasteiger partial charge on any atom is -0.482 e. The van der Waals surface area contributed by atoms with E-state index in [-0.39, 0.29) is 5.91 Å². The average Bonchev–Trinajstić information content (AvgIpc) is 3.16. The van der Waals surface area contributed by atoms with Crippen LogP contribution in [0.15, 0.2) is 55.4 Å². The highest BCUT2D eigenvalue weighted by molar-refractivity contribution is 5.94. The van der Waals surface area contributed by atoms with E-state index in [4.69, 9.17) is 9.47 Å². The Balaban J connectivity index is 1.52. The number of amides is 1. The Morgan fingerprint density at radius 1 is 1.20 bits per heavy atom. The Bertz CT molecular complexity index is 897. The van der Waals surface area contributed by atoms with Crippen LogP contribution >= 0.6 is 0 Å². The highest BCUT2D eigenvalue weighted by Gasteiger charge is 2.34. The van der Waals surface area contributed by atoms with E-state index in [9.17, 15) is 4.79 Å². The largest absolute Gasteiger partial charge is 0.482 e. The number of fused-ring (bicyclic) bond motifs is 1. The predicted molar refractivity (Wildman–Crippen MR) is 88.7 cm³/mol. The Hall–Kier alpha value is -3.42. The molecule has 2 aromatic heterocycles. The molecule has 0 radical (unpaired) electrons. The fourth-order valence-corrected chi connectivity index (χ4v) is 2.55. The summed E-state index contributed by atoms with van der Waals surface area (Å²) in [6, 6.07) is 8.91. The highest BCUT2D eigenvalue weighted by Crippen LogP contribution is 2.33. The highest BCUT2D eigenvalue weighted by atomic mass is 16.6.